The molecule has 2 atom stereocenters. The highest BCUT2D eigenvalue weighted by atomic mass is 16.5. The minimum atomic E-state index is 0.205. The molecule has 0 saturated carbocycles. The maximum absolute atomic E-state index is 5.89. The van der Waals surface area contributed by atoms with E-state index in [1.165, 1.54) is 5.56 Å². The molecule has 1 N–H and O–H groups in total. The molecule has 0 spiro atoms. The van der Waals surface area contributed by atoms with Gasteiger partial charge in [-0.15, -0.1) is 0 Å². The van der Waals surface area contributed by atoms with Crippen LogP contribution in [-0.2, 0) is 4.74 Å². The summed E-state index contributed by atoms with van der Waals surface area (Å²) in [5.41, 5.74) is 1.22. The Morgan fingerprint density at radius 1 is 1.16 bits per heavy atom. The Hall–Kier alpha value is -1.06. The third kappa shape index (κ3) is 4.84. The molecule has 0 radical (unpaired) electrons. The summed E-state index contributed by atoms with van der Waals surface area (Å²) in [5.74, 6) is 0.923. The minimum Gasteiger partial charge on any atom is -0.494 e. The molecule has 108 valence electrons. The summed E-state index contributed by atoms with van der Waals surface area (Å²) in [4.78, 5) is 0. The standard InChI is InChI=1S/C16H27NO2/c1-5-9-15(19-7-3)16(17-4)13-10-8-11-14(12-13)18-6-2/h8,10-12,15-17H,5-7,9H2,1-4H3. The fourth-order valence-corrected chi connectivity index (χ4v) is 2.38. The number of hydrogen-bond donors (Lipinski definition) is 1. The van der Waals surface area contributed by atoms with Crippen LogP contribution in [0.25, 0.3) is 0 Å². The maximum Gasteiger partial charge on any atom is 0.119 e. The maximum atomic E-state index is 5.89. The largest absolute Gasteiger partial charge is 0.494 e. The molecule has 0 aliphatic rings. The molecular weight excluding hydrogens is 238 g/mol. The first kappa shape index (κ1) is 16.0. The summed E-state index contributed by atoms with van der Waals surface area (Å²) in [5, 5.41) is 3.38. The Labute approximate surface area is 117 Å². The number of rotatable bonds is 9. The highest BCUT2D eigenvalue weighted by Crippen LogP contribution is 2.25. The van der Waals surface area contributed by atoms with Gasteiger partial charge in [-0.05, 0) is 45.0 Å². The summed E-state index contributed by atoms with van der Waals surface area (Å²) in [6.45, 7) is 7.68. The van der Waals surface area contributed by atoms with E-state index in [-0.39, 0.29) is 12.1 Å². The van der Waals surface area contributed by atoms with Gasteiger partial charge in [0.15, 0.2) is 0 Å². The SMILES string of the molecule is CCCC(OCC)C(NC)c1cccc(OCC)c1. The van der Waals surface area contributed by atoms with Gasteiger partial charge in [0.1, 0.15) is 5.75 Å². The molecule has 0 bridgehead atoms. The van der Waals surface area contributed by atoms with Crippen molar-refractivity contribution in [1.29, 1.82) is 0 Å². The average molecular weight is 265 g/mol. The van der Waals surface area contributed by atoms with Crippen LogP contribution >= 0.6 is 0 Å². The van der Waals surface area contributed by atoms with Crippen LogP contribution in [0, 0.1) is 0 Å². The van der Waals surface area contributed by atoms with Crippen molar-refractivity contribution in [3.63, 3.8) is 0 Å². The first-order valence-corrected chi connectivity index (χ1v) is 7.28. The van der Waals surface area contributed by atoms with Crippen molar-refractivity contribution in [3.05, 3.63) is 29.8 Å². The van der Waals surface area contributed by atoms with E-state index in [1.54, 1.807) is 0 Å². The zero-order valence-electron chi connectivity index (χ0n) is 12.6. The summed E-state index contributed by atoms with van der Waals surface area (Å²) < 4.78 is 11.5. The van der Waals surface area contributed by atoms with Gasteiger partial charge in [-0.25, -0.2) is 0 Å². The number of ether oxygens (including phenoxy) is 2. The van der Waals surface area contributed by atoms with Crippen LogP contribution < -0.4 is 10.1 Å². The van der Waals surface area contributed by atoms with E-state index in [0.717, 1.165) is 25.2 Å². The van der Waals surface area contributed by atoms with E-state index in [2.05, 4.69) is 24.4 Å². The van der Waals surface area contributed by atoms with Gasteiger partial charge in [0.2, 0.25) is 0 Å². The molecule has 0 aromatic heterocycles. The van der Waals surface area contributed by atoms with Crippen molar-refractivity contribution in [2.24, 2.45) is 0 Å². The topological polar surface area (TPSA) is 30.5 Å². The molecule has 0 saturated heterocycles. The highest BCUT2D eigenvalue weighted by Gasteiger charge is 2.21. The number of nitrogens with one attached hydrogen (secondary N) is 1. The highest BCUT2D eigenvalue weighted by molar-refractivity contribution is 5.31. The Bertz CT molecular complexity index is 348. The average Bonchev–Trinajstić information content (AvgIpc) is 2.41. The first-order valence-electron chi connectivity index (χ1n) is 7.28. The zero-order chi connectivity index (χ0) is 14.1. The van der Waals surface area contributed by atoms with Gasteiger partial charge in [0, 0.05) is 6.61 Å². The van der Waals surface area contributed by atoms with Crippen LogP contribution in [0.15, 0.2) is 24.3 Å². The van der Waals surface area contributed by atoms with Gasteiger partial charge in [-0.3, -0.25) is 0 Å². The lowest BCUT2D eigenvalue weighted by Crippen LogP contribution is -2.31. The van der Waals surface area contributed by atoms with Crippen molar-refractivity contribution in [2.75, 3.05) is 20.3 Å². The van der Waals surface area contributed by atoms with Crippen LogP contribution in [0.3, 0.4) is 0 Å². The molecule has 0 aliphatic heterocycles. The molecule has 0 fully saturated rings. The fraction of sp³-hybridized carbons (Fsp3) is 0.625. The van der Waals surface area contributed by atoms with E-state index in [0.29, 0.717) is 6.61 Å². The smallest absolute Gasteiger partial charge is 0.119 e. The Morgan fingerprint density at radius 3 is 2.53 bits per heavy atom. The van der Waals surface area contributed by atoms with Gasteiger partial charge in [0.25, 0.3) is 0 Å². The number of likely N-dealkylation sites (N-methyl/N-ethyl adjacent to an activating group) is 1. The predicted octanol–water partition coefficient (Wildman–Crippen LogP) is 3.55. The van der Waals surface area contributed by atoms with Crippen molar-refractivity contribution >= 4 is 0 Å². The Morgan fingerprint density at radius 2 is 1.95 bits per heavy atom. The van der Waals surface area contributed by atoms with E-state index in [4.69, 9.17) is 9.47 Å². The summed E-state index contributed by atoms with van der Waals surface area (Å²) in [6.07, 6.45) is 2.38. The van der Waals surface area contributed by atoms with Crippen molar-refractivity contribution in [1.82, 2.24) is 5.32 Å². The van der Waals surface area contributed by atoms with E-state index in [1.807, 2.05) is 33.0 Å². The van der Waals surface area contributed by atoms with Crippen molar-refractivity contribution < 1.29 is 9.47 Å². The lowest BCUT2D eigenvalue weighted by molar-refractivity contribution is 0.0295. The molecule has 1 rings (SSSR count). The molecule has 1 aromatic rings. The van der Waals surface area contributed by atoms with Crippen LogP contribution in [0.1, 0.15) is 45.2 Å². The Balaban J connectivity index is 2.89. The lowest BCUT2D eigenvalue weighted by Gasteiger charge is -2.27. The predicted molar refractivity (Wildman–Crippen MR) is 79.7 cm³/mol. The Kier molecular flexibility index (Phi) is 7.53. The minimum absolute atomic E-state index is 0.205. The summed E-state index contributed by atoms with van der Waals surface area (Å²) >= 11 is 0. The fourth-order valence-electron chi connectivity index (χ4n) is 2.38. The van der Waals surface area contributed by atoms with Crippen LogP contribution in [0.5, 0.6) is 5.75 Å². The number of benzene rings is 1. The molecule has 0 amide bonds. The van der Waals surface area contributed by atoms with Gasteiger partial charge in [-0.1, -0.05) is 25.5 Å². The molecule has 19 heavy (non-hydrogen) atoms. The lowest BCUT2D eigenvalue weighted by atomic mass is 9.98. The summed E-state index contributed by atoms with van der Waals surface area (Å²) in [6, 6.07) is 8.48. The van der Waals surface area contributed by atoms with Crippen molar-refractivity contribution in [3.8, 4) is 5.75 Å². The second kappa shape index (κ2) is 8.94. The van der Waals surface area contributed by atoms with Gasteiger partial charge < -0.3 is 14.8 Å². The summed E-state index contributed by atoms with van der Waals surface area (Å²) in [7, 11) is 1.99. The van der Waals surface area contributed by atoms with Crippen LogP contribution in [0.2, 0.25) is 0 Å². The quantitative estimate of drug-likeness (QED) is 0.740. The van der Waals surface area contributed by atoms with E-state index in [9.17, 15) is 0 Å². The number of hydrogen-bond acceptors (Lipinski definition) is 3. The van der Waals surface area contributed by atoms with E-state index < -0.39 is 0 Å². The molecule has 3 heteroatoms. The van der Waals surface area contributed by atoms with Gasteiger partial charge >= 0.3 is 0 Å². The molecular formula is C16H27NO2. The molecule has 0 heterocycles. The van der Waals surface area contributed by atoms with Crippen LogP contribution in [0.4, 0.5) is 0 Å². The molecule has 3 nitrogen and oxygen atoms in total. The normalized spacial score (nSPS) is 14.1. The second-order valence-corrected chi connectivity index (χ2v) is 4.55. The third-order valence-electron chi connectivity index (χ3n) is 3.16. The van der Waals surface area contributed by atoms with Crippen molar-refractivity contribution in [2.45, 2.75) is 45.8 Å². The first-order chi connectivity index (χ1) is 9.26. The van der Waals surface area contributed by atoms with Gasteiger partial charge in [0.05, 0.1) is 18.8 Å². The van der Waals surface area contributed by atoms with Crippen LogP contribution in [-0.4, -0.2) is 26.4 Å². The monoisotopic (exact) mass is 265 g/mol. The molecule has 2 unspecified atom stereocenters. The molecule has 1 aromatic carbocycles. The zero-order valence-corrected chi connectivity index (χ0v) is 12.6. The second-order valence-electron chi connectivity index (χ2n) is 4.55. The molecule has 0 aliphatic carbocycles. The van der Waals surface area contributed by atoms with Gasteiger partial charge in [-0.2, -0.15) is 0 Å². The third-order valence-corrected chi connectivity index (χ3v) is 3.16. The van der Waals surface area contributed by atoms with E-state index >= 15 is 0 Å².